The Hall–Kier alpha value is -2.71. The first-order chi connectivity index (χ1) is 16.7. The molecule has 1 saturated carbocycles. The lowest BCUT2D eigenvalue weighted by Gasteiger charge is -2.29. The van der Waals surface area contributed by atoms with E-state index in [0.29, 0.717) is 11.9 Å². The molecule has 3 heterocycles. The van der Waals surface area contributed by atoms with Crippen molar-refractivity contribution in [2.75, 3.05) is 42.9 Å². The number of benzene rings is 1. The zero-order valence-electron chi connectivity index (χ0n) is 20.2. The Morgan fingerprint density at radius 1 is 1.09 bits per heavy atom. The monoisotopic (exact) mass is 463 g/mol. The molecule has 34 heavy (non-hydrogen) atoms. The molecule has 0 radical (unpaired) electrons. The van der Waals surface area contributed by atoms with Crippen LogP contribution < -0.4 is 15.5 Å². The normalized spacial score (nSPS) is 21.2. The van der Waals surface area contributed by atoms with Gasteiger partial charge >= 0.3 is 0 Å². The Balaban J connectivity index is 1.44. The molecule has 0 spiro atoms. The van der Waals surface area contributed by atoms with Crippen molar-refractivity contribution < 1.29 is 5.11 Å². The highest BCUT2D eigenvalue weighted by molar-refractivity contribution is 5.91. The quantitative estimate of drug-likeness (QED) is 0.439. The van der Waals surface area contributed by atoms with Gasteiger partial charge in [0.2, 0.25) is 5.95 Å². The zero-order valence-corrected chi connectivity index (χ0v) is 20.2. The van der Waals surface area contributed by atoms with E-state index >= 15 is 0 Å². The number of rotatable bonds is 8. The first-order valence-electron chi connectivity index (χ1n) is 12.9. The second kappa shape index (κ2) is 10.7. The van der Waals surface area contributed by atoms with Gasteiger partial charge in [0, 0.05) is 56.7 Å². The third-order valence-corrected chi connectivity index (χ3v) is 7.17. The summed E-state index contributed by atoms with van der Waals surface area (Å²) in [4.78, 5) is 11.9. The van der Waals surface area contributed by atoms with E-state index in [4.69, 9.17) is 10.1 Å². The topological polar surface area (TPSA) is 91.1 Å². The number of nitrogens with zero attached hydrogens (tertiary/aromatic N) is 5. The van der Waals surface area contributed by atoms with Gasteiger partial charge in [0.1, 0.15) is 5.69 Å². The summed E-state index contributed by atoms with van der Waals surface area (Å²) in [6.07, 6.45) is 7.82. The van der Waals surface area contributed by atoms with Crippen molar-refractivity contribution in [2.45, 2.75) is 58.1 Å². The summed E-state index contributed by atoms with van der Waals surface area (Å²) in [6.45, 7) is 8.01. The molecule has 2 fully saturated rings. The van der Waals surface area contributed by atoms with Crippen LogP contribution in [0.5, 0.6) is 0 Å². The molecule has 1 aliphatic carbocycles. The highest BCUT2D eigenvalue weighted by Gasteiger charge is 2.23. The molecule has 182 valence electrons. The van der Waals surface area contributed by atoms with Gasteiger partial charge in [-0.2, -0.15) is 10.1 Å². The minimum absolute atomic E-state index is 0.146. The summed E-state index contributed by atoms with van der Waals surface area (Å²) in [5.74, 6) is 1.18. The van der Waals surface area contributed by atoms with Gasteiger partial charge in [-0.1, -0.05) is 25.5 Å². The molecule has 1 saturated heterocycles. The van der Waals surface area contributed by atoms with E-state index in [1.807, 2.05) is 6.20 Å². The van der Waals surface area contributed by atoms with Crippen molar-refractivity contribution in [1.82, 2.24) is 25.1 Å². The lowest BCUT2D eigenvalue weighted by molar-refractivity contribution is 0.103. The summed E-state index contributed by atoms with van der Waals surface area (Å²) in [5.41, 5.74) is 4.18. The number of nitrogens with one attached hydrogen (secondary N) is 2. The van der Waals surface area contributed by atoms with Gasteiger partial charge in [-0.15, -0.1) is 0 Å². The van der Waals surface area contributed by atoms with Gasteiger partial charge in [0.05, 0.1) is 11.5 Å². The molecule has 0 atom stereocenters. The Morgan fingerprint density at radius 2 is 1.85 bits per heavy atom. The number of aliphatic hydroxyl groups excluding tert-OH is 1. The van der Waals surface area contributed by atoms with E-state index in [1.165, 1.54) is 5.69 Å². The van der Waals surface area contributed by atoms with Crippen LogP contribution in [-0.4, -0.2) is 63.7 Å². The average molecular weight is 464 g/mol. The van der Waals surface area contributed by atoms with E-state index in [9.17, 15) is 5.11 Å². The number of aromatic nitrogens is 4. The number of fused-ring (bicyclic) bond motifs is 1. The van der Waals surface area contributed by atoms with Gasteiger partial charge in [-0.05, 0) is 50.2 Å². The highest BCUT2D eigenvalue weighted by atomic mass is 16.3. The summed E-state index contributed by atoms with van der Waals surface area (Å²) in [7, 11) is 0. The highest BCUT2D eigenvalue weighted by Crippen LogP contribution is 2.31. The Kier molecular flexibility index (Phi) is 7.25. The molecule has 3 N–H and O–H groups in total. The van der Waals surface area contributed by atoms with E-state index < -0.39 is 0 Å². The van der Waals surface area contributed by atoms with E-state index in [0.717, 1.165) is 100 Å². The fourth-order valence-corrected chi connectivity index (χ4v) is 5.09. The summed E-state index contributed by atoms with van der Waals surface area (Å²) < 4.78 is 2.07. The first-order valence-corrected chi connectivity index (χ1v) is 12.9. The molecule has 8 heteroatoms. The third-order valence-electron chi connectivity index (χ3n) is 7.17. The number of hydrogen-bond donors (Lipinski definition) is 3. The van der Waals surface area contributed by atoms with Crippen molar-refractivity contribution in [3.05, 3.63) is 30.5 Å². The molecule has 0 bridgehead atoms. The van der Waals surface area contributed by atoms with Crippen molar-refractivity contribution in [1.29, 1.82) is 0 Å². The van der Waals surface area contributed by atoms with Crippen molar-refractivity contribution in [3.8, 4) is 11.3 Å². The molecule has 0 unspecified atom stereocenters. The first kappa shape index (κ1) is 23.1. The minimum atomic E-state index is -0.146. The smallest absolute Gasteiger partial charge is 0.224 e. The zero-order chi connectivity index (χ0) is 23.3. The Morgan fingerprint density at radius 3 is 2.59 bits per heavy atom. The SMILES string of the molecule is CCCCNc1ncc2c(-c3ccc(N4CCNCC4)cc3)nn(C[C@H]3CC[C@@H](O)CC3)c2n1. The summed E-state index contributed by atoms with van der Waals surface area (Å²) >= 11 is 0. The number of aliphatic hydroxyl groups is 1. The van der Waals surface area contributed by atoms with E-state index in [-0.39, 0.29) is 6.10 Å². The van der Waals surface area contributed by atoms with Crippen LogP contribution in [0.15, 0.2) is 30.5 Å². The van der Waals surface area contributed by atoms with Crippen LogP contribution in [0.2, 0.25) is 0 Å². The van der Waals surface area contributed by atoms with Crippen LogP contribution in [0.3, 0.4) is 0 Å². The number of anilines is 2. The predicted molar refractivity (Wildman–Crippen MR) is 137 cm³/mol. The number of hydrogen-bond acceptors (Lipinski definition) is 7. The van der Waals surface area contributed by atoms with Crippen LogP contribution in [0.4, 0.5) is 11.6 Å². The molecule has 5 rings (SSSR count). The molecule has 1 aromatic carbocycles. The molecule has 1 aliphatic heterocycles. The minimum Gasteiger partial charge on any atom is -0.393 e. The lowest BCUT2D eigenvalue weighted by atomic mass is 9.87. The van der Waals surface area contributed by atoms with Crippen LogP contribution in [0.25, 0.3) is 22.3 Å². The van der Waals surface area contributed by atoms with Crippen LogP contribution >= 0.6 is 0 Å². The van der Waals surface area contributed by atoms with Gasteiger partial charge in [0.15, 0.2) is 5.65 Å². The fourth-order valence-electron chi connectivity index (χ4n) is 5.09. The van der Waals surface area contributed by atoms with E-state index in [2.05, 4.69) is 56.4 Å². The van der Waals surface area contributed by atoms with Gasteiger partial charge < -0.3 is 20.6 Å². The molecule has 0 amide bonds. The van der Waals surface area contributed by atoms with Gasteiger partial charge in [0.25, 0.3) is 0 Å². The predicted octanol–water partition coefficient (Wildman–Crippen LogP) is 3.67. The van der Waals surface area contributed by atoms with Gasteiger partial charge in [-0.3, -0.25) is 0 Å². The van der Waals surface area contributed by atoms with Crippen LogP contribution in [0, 0.1) is 5.92 Å². The summed E-state index contributed by atoms with van der Waals surface area (Å²) in [5, 5.41) is 22.7. The molecular formula is C26H37N7O. The molecular weight excluding hydrogens is 426 g/mol. The molecule has 3 aromatic rings. The van der Waals surface area contributed by atoms with Crippen LogP contribution in [0.1, 0.15) is 45.4 Å². The van der Waals surface area contributed by atoms with Crippen molar-refractivity contribution in [2.24, 2.45) is 5.92 Å². The van der Waals surface area contributed by atoms with Crippen molar-refractivity contribution in [3.63, 3.8) is 0 Å². The van der Waals surface area contributed by atoms with Crippen LogP contribution in [-0.2, 0) is 6.54 Å². The second-order valence-electron chi connectivity index (χ2n) is 9.70. The second-order valence-corrected chi connectivity index (χ2v) is 9.70. The Bertz CT molecular complexity index is 1070. The van der Waals surface area contributed by atoms with E-state index in [1.54, 1.807) is 0 Å². The van der Waals surface area contributed by atoms with Gasteiger partial charge in [-0.25, -0.2) is 9.67 Å². The lowest BCUT2D eigenvalue weighted by Crippen LogP contribution is -2.43. The molecule has 8 nitrogen and oxygen atoms in total. The largest absolute Gasteiger partial charge is 0.393 e. The number of unbranched alkanes of at least 4 members (excludes halogenated alkanes) is 1. The maximum absolute atomic E-state index is 9.92. The third kappa shape index (κ3) is 5.18. The number of piperazine rings is 1. The maximum Gasteiger partial charge on any atom is 0.224 e. The standard InChI is InChI=1S/C26H37N7O/c1-2-3-12-28-26-29-17-23-24(20-6-8-21(9-7-20)32-15-13-27-14-16-32)31-33(25(23)30-26)18-19-4-10-22(34)11-5-19/h6-9,17,19,22,27,34H,2-5,10-16,18H2,1H3,(H,28,29,30)/t19-,22+. The maximum atomic E-state index is 9.92. The Labute approximate surface area is 201 Å². The molecule has 2 aliphatic rings. The summed E-state index contributed by atoms with van der Waals surface area (Å²) in [6, 6.07) is 8.76. The van der Waals surface area contributed by atoms with Crippen molar-refractivity contribution >= 4 is 22.7 Å². The average Bonchev–Trinajstić information content (AvgIpc) is 3.24. The fraction of sp³-hybridized carbons (Fsp3) is 0.577. The molecule has 2 aromatic heterocycles.